The molecule has 0 unspecified atom stereocenters. The minimum absolute atomic E-state index is 0.266. The van der Waals surface area contributed by atoms with Gasteiger partial charge in [0.2, 0.25) is 0 Å². The Hall–Kier alpha value is -0.850. The molecular formula is C13H14Br2N2O2. The maximum absolute atomic E-state index is 12.0. The van der Waals surface area contributed by atoms with Crippen LogP contribution in [0.5, 0.6) is 0 Å². The molecule has 2 rings (SSSR count). The van der Waals surface area contributed by atoms with Crippen LogP contribution in [0.25, 0.3) is 11.0 Å². The minimum atomic E-state index is -0.453. The molecule has 1 aromatic heterocycles. The Labute approximate surface area is 128 Å². The summed E-state index contributed by atoms with van der Waals surface area (Å²) in [5.41, 5.74) is 6.02. The van der Waals surface area contributed by atoms with Gasteiger partial charge in [0.1, 0.15) is 5.58 Å². The summed E-state index contributed by atoms with van der Waals surface area (Å²) in [5.74, 6) is 0.01000. The summed E-state index contributed by atoms with van der Waals surface area (Å²) < 4.78 is 7.28. The first kappa shape index (κ1) is 14.6. The number of carbonyl (C=O) groups is 1. The lowest BCUT2D eigenvalue weighted by Crippen LogP contribution is -2.45. The largest absolute Gasteiger partial charge is 0.450 e. The fourth-order valence-corrected chi connectivity index (χ4v) is 2.92. The van der Waals surface area contributed by atoms with E-state index >= 15 is 0 Å². The maximum Gasteiger partial charge on any atom is 0.287 e. The molecule has 0 atom stereocenters. The van der Waals surface area contributed by atoms with Gasteiger partial charge in [-0.1, -0.05) is 15.9 Å². The molecule has 19 heavy (non-hydrogen) atoms. The fraction of sp³-hybridized carbons (Fsp3) is 0.308. The average Bonchev–Trinajstić information content (AvgIpc) is 2.68. The molecule has 0 spiro atoms. The van der Waals surface area contributed by atoms with Crippen molar-refractivity contribution in [1.82, 2.24) is 5.32 Å². The van der Waals surface area contributed by atoms with E-state index in [4.69, 9.17) is 10.2 Å². The van der Waals surface area contributed by atoms with Crippen molar-refractivity contribution < 1.29 is 9.21 Å². The Balaban J connectivity index is 2.26. The third kappa shape index (κ3) is 3.58. The Morgan fingerprint density at radius 1 is 1.37 bits per heavy atom. The molecule has 6 heteroatoms. The van der Waals surface area contributed by atoms with E-state index in [1.807, 2.05) is 26.0 Å². The van der Waals surface area contributed by atoms with Gasteiger partial charge in [-0.05, 0) is 48.0 Å². The van der Waals surface area contributed by atoms with Gasteiger partial charge in [-0.3, -0.25) is 4.79 Å². The summed E-state index contributed by atoms with van der Waals surface area (Å²) in [6.07, 6.45) is 0. The second-order valence-electron chi connectivity index (χ2n) is 5.09. The maximum atomic E-state index is 12.0. The average molecular weight is 390 g/mol. The van der Waals surface area contributed by atoms with Gasteiger partial charge in [0.15, 0.2) is 5.76 Å². The quantitative estimate of drug-likeness (QED) is 0.844. The minimum Gasteiger partial charge on any atom is -0.450 e. The van der Waals surface area contributed by atoms with Gasteiger partial charge in [0.05, 0.1) is 4.47 Å². The monoisotopic (exact) mass is 388 g/mol. The molecule has 0 fully saturated rings. The van der Waals surface area contributed by atoms with Crippen molar-refractivity contribution in [3.05, 3.63) is 32.9 Å². The predicted molar refractivity (Wildman–Crippen MR) is 82.2 cm³/mol. The second kappa shape index (κ2) is 5.26. The van der Waals surface area contributed by atoms with Crippen LogP contribution in [0.4, 0.5) is 0 Å². The van der Waals surface area contributed by atoms with Crippen molar-refractivity contribution in [2.75, 3.05) is 6.54 Å². The third-order valence-electron chi connectivity index (χ3n) is 2.46. The molecule has 0 saturated carbocycles. The summed E-state index contributed by atoms with van der Waals surface area (Å²) in [6.45, 7) is 4.08. The van der Waals surface area contributed by atoms with Crippen LogP contribution in [0.2, 0.25) is 0 Å². The lowest BCUT2D eigenvalue weighted by molar-refractivity contribution is 0.0920. The van der Waals surface area contributed by atoms with Crippen LogP contribution >= 0.6 is 31.9 Å². The van der Waals surface area contributed by atoms with Crippen LogP contribution in [0.3, 0.4) is 0 Å². The Morgan fingerprint density at radius 3 is 2.68 bits per heavy atom. The number of amides is 1. The lowest BCUT2D eigenvalue weighted by Gasteiger charge is -2.18. The van der Waals surface area contributed by atoms with Gasteiger partial charge >= 0.3 is 0 Å². The molecule has 1 aromatic carbocycles. The van der Waals surface area contributed by atoms with Crippen LogP contribution in [0.1, 0.15) is 24.4 Å². The number of halogens is 2. The summed E-state index contributed by atoms with van der Waals surface area (Å²) in [7, 11) is 0. The first-order chi connectivity index (χ1) is 8.76. The van der Waals surface area contributed by atoms with E-state index in [0.29, 0.717) is 12.1 Å². The highest BCUT2D eigenvalue weighted by molar-refractivity contribution is 9.11. The van der Waals surface area contributed by atoms with E-state index in [1.165, 1.54) is 0 Å². The summed E-state index contributed by atoms with van der Waals surface area (Å²) >= 11 is 6.80. The number of furan rings is 1. The number of carbonyl (C=O) groups excluding carboxylic acids is 1. The normalized spacial score (nSPS) is 11.8. The topological polar surface area (TPSA) is 68.3 Å². The first-order valence-corrected chi connectivity index (χ1v) is 7.30. The standard InChI is InChI=1S/C13H14Br2N2O2/c1-13(2,16)6-17-12(18)10-4-7-3-8(14)5-9(15)11(7)19-10/h3-5H,6,16H2,1-2H3,(H,17,18). The molecule has 0 saturated heterocycles. The van der Waals surface area contributed by atoms with Crippen LogP contribution in [-0.2, 0) is 0 Å². The molecular weight excluding hydrogens is 376 g/mol. The van der Waals surface area contributed by atoms with Gasteiger partial charge < -0.3 is 15.5 Å². The summed E-state index contributed by atoms with van der Waals surface area (Å²) in [6, 6.07) is 5.48. The van der Waals surface area contributed by atoms with Crippen molar-refractivity contribution >= 4 is 48.7 Å². The molecule has 2 aromatic rings. The van der Waals surface area contributed by atoms with Gasteiger partial charge in [0.25, 0.3) is 5.91 Å². The molecule has 4 nitrogen and oxygen atoms in total. The molecule has 0 aliphatic heterocycles. The van der Waals surface area contributed by atoms with Crippen molar-refractivity contribution in [1.29, 1.82) is 0 Å². The second-order valence-corrected chi connectivity index (χ2v) is 6.86. The van der Waals surface area contributed by atoms with Crippen LogP contribution < -0.4 is 11.1 Å². The van der Waals surface area contributed by atoms with E-state index in [9.17, 15) is 4.79 Å². The zero-order valence-electron chi connectivity index (χ0n) is 10.6. The highest BCUT2D eigenvalue weighted by Gasteiger charge is 2.17. The van der Waals surface area contributed by atoms with Crippen LogP contribution in [-0.4, -0.2) is 18.0 Å². The summed E-state index contributed by atoms with van der Waals surface area (Å²) in [4.78, 5) is 12.0. The van der Waals surface area contributed by atoms with Crippen molar-refractivity contribution in [3.8, 4) is 0 Å². The van der Waals surface area contributed by atoms with Crippen molar-refractivity contribution in [2.24, 2.45) is 5.73 Å². The van der Waals surface area contributed by atoms with E-state index < -0.39 is 5.54 Å². The van der Waals surface area contributed by atoms with Gasteiger partial charge in [-0.2, -0.15) is 0 Å². The van der Waals surface area contributed by atoms with Gasteiger partial charge in [0, 0.05) is 21.9 Å². The Morgan fingerprint density at radius 2 is 2.05 bits per heavy atom. The summed E-state index contributed by atoms with van der Waals surface area (Å²) in [5, 5.41) is 3.61. The number of hydrogen-bond donors (Lipinski definition) is 2. The van der Waals surface area contributed by atoms with E-state index in [0.717, 1.165) is 14.3 Å². The number of nitrogens with two attached hydrogens (primary N) is 1. The first-order valence-electron chi connectivity index (χ1n) is 5.72. The fourth-order valence-electron chi connectivity index (χ4n) is 1.58. The number of rotatable bonds is 3. The molecule has 1 heterocycles. The zero-order valence-corrected chi connectivity index (χ0v) is 13.8. The number of fused-ring (bicyclic) bond motifs is 1. The number of nitrogens with one attached hydrogen (secondary N) is 1. The van der Waals surface area contributed by atoms with E-state index in [2.05, 4.69) is 37.2 Å². The SMILES string of the molecule is CC(C)(N)CNC(=O)c1cc2cc(Br)cc(Br)c2o1. The highest BCUT2D eigenvalue weighted by Crippen LogP contribution is 2.30. The van der Waals surface area contributed by atoms with Crippen LogP contribution in [0.15, 0.2) is 31.6 Å². The third-order valence-corrected chi connectivity index (χ3v) is 3.51. The lowest BCUT2D eigenvalue weighted by atomic mass is 10.1. The molecule has 0 radical (unpaired) electrons. The molecule has 102 valence electrons. The van der Waals surface area contributed by atoms with Crippen LogP contribution in [0, 0.1) is 0 Å². The van der Waals surface area contributed by atoms with E-state index in [-0.39, 0.29) is 11.7 Å². The van der Waals surface area contributed by atoms with Crippen molar-refractivity contribution in [3.63, 3.8) is 0 Å². The zero-order chi connectivity index (χ0) is 14.2. The molecule has 0 aliphatic rings. The number of hydrogen-bond acceptors (Lipinski definition) is 3. The number of benzene rings is 1. The van der Waals surface area contributed by atoms with E-state index in [1.54, 1.807) is 6.07 Å². The van der Waals surface area contributed by atoms with Crippen molar-refractivity contribution in [2.45, 2.75) is 19.4 Å². The van der Waals surface area contributed by atoms with Gasteiger partial charge in [-0.25, -0.2) is 0 Å². The molecule has 1 amide bonds. The van der Waals surface area contributed by atoms with Gasteiger partial charge in [-0.15, -0.1) is 0 Å². The Kier molecular flexibility index (Phi) is 4.03. The highest BCUT2D eigenvalue weighted by atomic mass is 79.9. The molecule has 3 N–H and O–H groups in total. The molecule has 0 bridgehead atoms. The Bertz CT molecular complexity index is 629. The molecule has 0 aliphatic carbocycles. The smallest absolute Gasteiger partial charge is 0.287 e. The predicted octanol–water partition coefficient (Wildman–Crippen LogP) is 3.42.